The van der Waals surface area contributed by atoms with Crippen LogP contribution < -0.4 is 5.73 Å². The molecule has 0 radical (unpaired) electrons. The number of rotatable bonds is 5. The summed E-state index contributed by atoms with van der Waals surface area (Å²) < 4.78 is 5.18. The monoisotopic (exact) mass is 261 g/mol. The standard InChI is InChI=1S/C14H15NO2S/c15-13-4-2-1-3-12(13)9-14(16)17-7-5-11-6-8-18-10-11/h1-4,6,8,10H,5,7,9,15H2. The molecule has 0 bridgehead atoms. The van der Waals surface area contributed by atoms with E-state index in [4.69, 9.17) is 10.5 Å². The molecule has 0 atom stereocenters. The highest BCUT2D eigenvalue weighted by Crippen LogP contribution is 2.12. The van der Waals surface area contributed by atoms with Crippen LogP contribution in [0.1, 0.15) is 11.1 Å². The average Bonchev–Trinajstić information content (AvgIpc) is 2.85. The Morgan fingerprint density at radius 3 is 2.83 bits per heavy atom. The van der Waals surface area contributed by atoms with Gasteiger partial charge in [-0.2, -0.15) is 11.3 Å². The van der Waals surface area contributed by atoms with Crippen molar-refractivity contribution in [2.75, 3.05) is 12.3 Å². The topological polar surface area (TPSA) is 52.3 Å². The predicted molar refractivity (Wildman–Crippen MR) is 73.5 cm³/mol. The zero-order chi connectivity index (χ0) is 12.8. The van der Waals surface area contributed by atoms with E-state index in [0.717, 1.165) is 12.0 Å². The molecule has 2 N–H and O–H groups in total. The Bertz CT molecular complexity index is 508. The Morgan fingerprint density at radius 1 is 1.28 bits per heavy atom. The third kappa shape index (κ3) is 3.60. The number of carbonyl (C=O) groups excluding carboxylic acids is 1. The minimum absolute atomic E-state index is 0.232. The molecule has 0 amide bonds. The molecule has 4 heteroatoms. The molecule has 0 fully saturated rings. The molecule has 94 valence electrons. The van der Waals surface area contributed by atoms with E-state index in [-0.39, 0.29) is 12.4 Å². The number of hydrogen-bond donors (Lipinski definition) is 1. The van der Waals surface area contributed by atoms with Gasteiger partial charge >= 0.3 is 5.97 Å². The van der Waals surface area contributed by atoms with Gasteiger partial charge in [0.1, 0.15) is 0 Å². The molecule has 1 heterocycles. The molecule has 1 aromatic heterocycles. The third-order valence-corrected chi connectivity index (χ3v) is 3.36. The average molecular weight is 261 g/mol. The molecule has 0 aliphatic carbocycles. The van der Waals surface area contributed by atoms with Gasteiger partial charge in [-0.3, -0.25) is 4.79 Å². The number of benzene rings is 1. The molecule has 0 aliphatic rings. The van der Waals surface area contributed by atoms with Crippen LogP contribution in [0.15, 0.2) is 41.1 Å². The third-order valence-electron chi connectivity index (χ3n) is 2.62. The minimum Gasteiger partial charge on any atom is -0.465 e. The fourth-order valence-corrected chi connectivity index (χ4v) is 2.32. The van der Waals surface area contributed by atoms with Crippen LogP contribution in [-0.2, 0) is 22.4 Å². The molecule has 0 spiro atoms. The van der Waals surface area contributed by atoms with Crippen molar-refractivity contribution >= 4 is 23.0 Å². The molecular weight excluding hydrogens is 246 g/mol. The maximum Gasteiger partial charge on any atom is 0.310 e. The second-order valence-electron chi connectivity index (χ2n) is 3.98. The van der Waals surface area contributed by atoms with Crippen LogP contribution in [0.4, 0.5) is 5.69 Å². The number of hydrogen-bond acceptors (Lipinski definition) is 4. The minimum atomic E-state index is -0.233. The number of para-hydroxylation sites is 1. The summed E-state index contributed by atoms with van der Waals surface area (Å²) in [5.74, 6) is -0.233. The van der Waals surface area contributed by atoms with Crippen LogP contribution in [0.25, 0.3) is 0 Å². The number of nitrogens with two attached hydrogens (primary N) is 1. The summed E-state index contributed by atoms with van der Waals surface area (Å²) in [6, 6.07) is 9.38. The molecule has 18 heavy (non-hydrogen) atoms. The van der Waals surface area contributed by atoms with Crippen LogP contribution in [0, 0.1) is 0 Å². The van der Waals surface area contributed by atoms with Crippen LogP contribution in [0.5, 0.6) is 0 Å². The molecule has 1 aromatic carbocycles. The normalized spacial score (nSPS) is 10.2. The molecule has 2 rings (SSSR count). The summed E-state index contributed by atoms with van der Waals surface area (Å²) in [5.41, 5.74) is 8.42. The Kier molecular flexibility index (Phi) is 4.36. The van der Waals surface area contributed by atoms with Gasteiger partial charge in [-0.15, -0.1) is 0 Å². The molecule has 0 saturated heterocycles. The van der Waals surface area contributed by atoms with Crippen molar-refractivity contribution < 1.29 is 9.53 Å². The Morgan fingerprint density at radius 2 is 2.11 bits per heavy atom. The Labute approximate surface area is 110 Å². The van der Waals surface area contributed by atoms with Crippen molar-refractivity contribution in [3.05, 3.63) is 52.2 Å². The highest BCUT2D eigenvalue weighted by Gasteiger charge is 2.07. The van der Waals surface area contributed by atoms with Crippen molar-refractivity contribution in [2.45, 2.75) is 12.8 Å². The lowest BCUT2D eigenvalue weighted by Crippen LogP contribution is -2.11. The number of esters is 1. The van der Waals surface area contributed by atoms with E-state index >= 15 is 0 Å². The zero-order valence-electron chi connectivity index (χ0n) is 9.96. The fourth-order valence-electron chi connectivity index (χ4n) is 1.62. The summed E-state index contributed by atoms with van der Waals surface area (Å²) >= 11 is 1.65. The number of ether oxygens (including phenoxy) is 1. The molecule has 0 saturated carbocycles. The second-order valence-corrected chi connectivity index (χ2v) is 4.76. The number of carbonyl (C=O) groups is 1. The van der Waals surface area contributed by atoms with E-state index in [1.165, 1.54) is 5.56 Å². The first-order valence-corrected chi connectivity index (χ1v) is 6.70. The summed E-state index contributed by atoms with van der Waals surface area (Å²) in [4.78, 5) is 11.6. The van der Waals surface area contributed by atoms with Gasteiger partial charge in [-0.1, -0.05) is 18.2 Å². The van der Waals surface area contributed by atoms with Gasteiger partial charge < -0.3 is 10.5 Å². The lowest BCUT2D eigenvalue weighted by Gasteiger charge is -2.06. The van der Waals surface area contributed by atoms with Crippen molar-refractivity contribution in [1.29, 1.82) is 0 Å². The van der Waals surface area contributed by atoms with Gasteiger partial charge in [0, 0.05) is 12.1 Å². The number of thiophene rings is 1. The van der Waals surface area contributed by atoms with Crippen molar-refractivity contribution in [3.63, 3.8) is 0 Å². The van der Waals surface area contributed by atoms with Crippen LogP contribution >= 0.6 is 11.3 Å². The molecule has 3 nitrogen and oxygen atoms in total. The van der Waals surface area contributed by atoms with Gasteiger partial charge in [-0.05, 0) is 34.0 Å². The summed E-state index contributed by atoms with van der Waals surface area (Å²) in [6.07, 6.45) is 0.996. The first-order chi connectivity index (χ1) is 8.75. The van der Waals surface area contributed by atoms with Crippen molar-refractivity contribution in [3.8, 4) is 0 Å². The van der Waals surface area contributed by atoms with E-state index in [1.807, 2.05) is 29.6 Å². The molecule has 0 aliphatic heterocycles. The highest BCUT2D eigenvalue weighted by molar-refractivity contribution is 7.07. The zero-order valence-corrected chi connectivity index (χ0v) is 10.8. The van der Waals surface area contributed by atoms with Gasteiger partial charge in [0.15, 0.2) is 0 Å². The molecule has 2 aromatic rings. The van der Waals surface area contributed by atoms with Crippen LogP contribution in [-0.4, -0.2) is 12.6 Å². The van der Waals surface area contributed by atoms with Crippen molar-refractivity contribution in [2.24, 2.45) is 0 Å². The van der Waals surface area contributed by atoms with E-state index in [1.54, 1.807) is 17.4 Å². The van der Waals surface area contributed by atoms with E-state index < -0.39 is 0 Å². The first-order valence-electron chi connectivity index (χ1n) is 5.76. The van der Waals surface area contributed by atoms with E-state index in [9.17, 15) is 4.79 Å². The van der Waals surface area contributed by atoms with E-state index in [2.05, 4.69) is 5.38 Å². The van der Waals surface area contributed by atoms with Crippen LogP contribution in [0.2, 0.25) is 0 Å². The highest BCUT2D eigenvalue weighted by atomic mass is 32.1. The number of nitrogen functional groups attached to an aromatic ring is 1. The quantitative estimate of drug-likeness (QED) is 0.665. The lowest BCUT2D eigenvalue weighted by molar-refractivity contribution is -0.142. The SMILES string of the molecule is Nc1ccccc1CC(=O)OCCc1ccsc1. The maximum absolute atomic E-state index is 11.6. The van der Waals surface area contributed by atoms with Gasteiger partial charge in [-0.25, -0.2) is 0 Å². The Balaban J connectivity index is 1.77. The largest absolute Gasteiger partial charge is 0.465 e. The lowest BCUT2D eigenvalue weighted by atomic mass is 10.1. The molecule has 0 unspecified atom stereocenters. The smallest absolute Gasteiger partial charge is 0.310 e. The predicted octanol–water partition coefficient (Wildman–Crippen LogP) is 2.66. The fraction of sp³-hybridized carbons (Fsp3) is 0.214. The second kappa shape index (κ2) is 6.21. The van der Waals surface area contributed by atoms with Gasteiger partial charge in [0.05, 0.1) is 13.0 Å². The van der Waals surface area contributed by atoms with Crippen LogP contribution in [0.3, 0.4) is 0 Å². The summed E-state index contributed by atoms with van der Waals surface area (Å²) in [7, 11) is 0. The van der Waals surface area contributed by atoms with Gasteiger partial charge in [0.2, 0.25) is 0 Å². The molecular formula is C14H15NO2S. The summed E-state index contributed by atoms with van der Waals surface area (Å²) in [5, 5.41) is 4.07. The van der Waals surface area contributed by atoms with Crippen molar-refractivity contribution in [1.82, 2.24) is 0 Å². The first kappa shape index (κ1) is 12.6. The number of anilines is 1. The Hall–Kier alpha value is -1.81. The maximum atomic E-state index is 11.6. The van der Waals surface area contributed by atoms with Gasteiger partial charge in [0.25, 0.3) is 0 Å². The summed E-state index contributed by atoms with van der Waals surface area (Å²) in [6.45, 7) is 0.419. The van der Waals surface area contributed by atoms with E-state index in [0.29, 0.717) is 12.3 Å².